The molecule has 0 radical (unpaired) electrons. The van der Waals surface area contributed by atoms with Gasteiger partial charge in [-0.1, -0.05) is 91.0 Å². The number of aromatic nitrogens is 2. The quantitative estimate of drug-likeness (QED) is 0.169. The SMILES string of the molecule is C[C@@]1(OCc2ccccc2)[C@H](OCc2ccccc2)[C@@H](CCOCc2ccccc2)OC1(O)c1scc2c(N)ncnc12. The number of benzene rings is 3. The molecule has 1 saturated heterocycles. The van der Waals surface area contributed by atoms with Gasteiger partial charge in [-0.05, 0) is 30.0 Å². The van der Waals surface area contributed by atoms with Gasteiger partial charge >= 0.3 is 0 Å². The zero-order valence-corrected chi connectivity index (χ0v) is 24.8. The zero-order valence-electron chi connectivity index (χ0n) is 24.0. The molecule has 4 atom stereocenters. The minimum atomic E-state index is -1.90. The fourth-order valence-electron chi connectivity index (χ4n) is 5.53. The van der Waals surface area contributed by atoms with Gasteiger partial charge in [0.1, 0.15) is 18.2 Å². The van der Waals surface area contributed by atoms with E-state index in [0.717, 1.165) is 16.7 Å². The van der Waals surface area contributed by atoms with Crippen molar-refractivity contribution < 1.29 is 24.1 Å². The van der Waals surface area contributed by atoms with E-state index in [4.69, 9.17) is 24.7 Å². The van der Waals surface area contributed by atoms with Crippen molar-refractivity contribution in [2.24, 2.45) is 0 Å². The lowest BCUT2D eigenvalue weighted by molar-refractivity contribution is -0.288. The van der Waals surface area contributed by atoms with Gasteiger partial charge in [-0.25, -0.2) is 9.97 Å². The number of aliphatic hydroxyl groups is 1. The lowest BCUT2D eigenvalue weighted by atomic mass is 9.87. The predicted octanol–water partition coefficient (Wildman–Crippen LogP) is 5.99. The average molecular weight is 598 g/mol. The molecule has 8 nitrogen and oxygen atoms in total. The topological polar surface area (TPSA) is 109 Å². The monoisotopic (exact) mass is 597 g/mol. The first-order valence-electron chi connectivity index (χ1n) is 14.3. The van der Waals surface area contributed by atoms with Crippen molar-refractivity contribution in [1.29, 1.82) is 0 Å². The van der Waals surface area contributed by atoms with E-state index in [0.29, 0.717) is 47.8 Å². The van der Waals surface area contributed by atoms with Crippen LogP contribution < -0.4 is 5.73 Å². The van der Waals surface area contributed by atoms with Crippen LogP contribution >= 0.6 is 11.3 Å². The lowest BCUT2D eigenvalue weighted by Crippen LogP contribution is -2.55. The lowest BCUT2D eigenvalue weighted by Gasteiger charge is -2.39. The Kier molecular flexibility index (Phi) is 8.80. The first-order chi connectivity index (χ1) is 21.0. The average Bonchev–Trinajstić information content (AvgIpc) is 3.57. The Balaban J connectivity index is 1.34. The van der Waals surface area contributed by atoms with Crippen LogP contribution in [-0.2, 0) is 44.6 Å². The molecule has 3 aromatic carbocycles. The molecular formula is C34H35N3O5S. The summed E-state index contributed by atoms with van der Waals surface area (Å²) in [6, 6.07) is 29.8. The number of nitrogens with two attached hydrogens (primary N) is 1. The Bertz CT molecular complexity index is 1620. The maximum atomic E-state index is 12.7. The first kappa shape index (κ1) is 29.4. The van der Waals surface area contributed by atoms with Crippen LogP contribution in [0.2, 0.25) is 0 Å². The molecule has 0 bridgehead atoms. The Morgan fingerprint density at radius 3 is 2.12 bits per heavy atom. The highest BCUT2D eigenvalue weighted by Crippen LogP contribution is 2.53. The Morgan fingerprint density at radius 1 is 0.860 bits per heavy atom. The van der Waals surface area contributed by atoms with Gasteiger partial charge in [0.15, 0.2) is 5.60 Å². The third-order valence-electron chi connectivity index (χ3n) is 7.92. The summed E-state index contributed by atoms with van der Waals surface area (Å²) >= 11 is 1.32. The Morgan fingerprint density at radius 2 is 1.47 bits per heavy atom. The molecule has 3 heterocycles. The second-order valence-electron chi connectivity index (χ2n) is 10.8. The van der Waals surface area contributed by atoms with Crippen molar-refractivity contribution in [3.8, 4) is 0 Å². The number of thiophene rings is 1. The van der Waals surface area contributed by atoms with E-state index in [1.54, 1.807) is 0 Å². The van der Waals surface area contributed by atoms with Crippen LogP contribution in [0.4, 0.5) is 5.82 Å². The summed E-state index contributed by atoms with van der Waals surface area (Å²) in [6.45, 7) is 3.28. The van der Waals surface area contributed by atoms with Crippen molar-refractivity contribution in [1.82, 2.24) is 9.97 Å². The van der Waals surface area contributed by atoms with Crippen LogP contribution in [0.25, 0.3) is 10.9 Å². The number of hydrogen-bond acceptors (Lipinski definition) is 9. The minimum absolute atomic E-state index is 0.242. The number of nitrogens with zero attached hydrogens (tertiary/aromatic N) is 2. The molecule has 1 aliphatic heterocycles. The molecule has 0 saturated carbocycles. The van der Waals surface area contributed by atoms with E-state index in [9.17, 15) is 5.11 Å². The molecule has 1 fully saturated rings. The Labute approximate surface area is 255 Å². The standard InChI is InChI=1S/C34H35N3O5S/c1-33(41-21-26-15-9-4-10-16-26)30(40-20-25-13-7-3-8-14-25)28(17-18-39-19-24-11-5-2-6-12-24)42-34(33,38)31-29-27(22-43-31)32(35)37-23-36-29/h2-16,22-23,28,30,38H,17-21H2,1H3,(H2,35,36,37)/t28-,30-,33-,34?/m1/s1. The molecule has 0 amide bonds. The summed E-state index contributed by atoms with van der Waals surface area (Å²) in [7, 11) is 0. The summed E-state index contributed by atoms with van der Waals surface area (Å²) in [5.74, 6) is -1.57. The Hall–Kier alpha value is -3.70. The van der Waals surface area contributed by atoms with Crippen molar-refractivity contribution in [3.05, 3.63) is 124 Å². The molecule has 222 valence electrons. The molecule has 5 aromatic rings. The van der Waals surface area contributed by atoms with Gasteiger partial charge < -0.3 is 29.8 Å². The van der Waals surface area contributed by atoms with Crippen LogP contribution in [0.3, 0.4) is 0 Å². The van der Waals surface area contributed by atoms with Crippen molar-refractivity contribution in [2.75, 3.05) is 12.3 Å². The highest BCUT2D eigenvalue weighted by Gasteiger charge is 2.66. The zero-order chi connectivity index (χ0) is 29.7. The molecular weight excluding hydrogens is 562 g/mol. The van der Waals surface area contributed by atoms with Crippen molar-refractivity contribution in [2.45, 2.75) is 56.8 Å². The summed E-state index contributed by atoms with van der Waals surface area (Å²) in [5.41, 5.74) is 8.41. The number of fused-ring (bicyclic) bond motifs is 1. The molecule has 9 heteroatoms. The first-order valence-corrected chi connectivity index (χ1v) is 15.2. The van der Waals surface area contributed by atoms with Gasteiger partial charge in [0, 0.05) is 12.0 Å². The van der Waals surface area contributed by atoms with Gasteiger partial charge in [-0.3, -0.25) is 0 Å². The van der Waals surface area contributed by atoms with E-state index in [2.05, 4.69) is 9.97 Å². The minimum Gasteiger partial charge on any atom is -0.383 e. The summed E-state index contributed by atoms with van der Waals surface area (Å²) in [4.78, 5) is 9.11. The van der Waals surface area contributed by atoms with Gasteiger partial charge in [0.2, 0.25) is 5.79 Å². The molecule has 43 heavy (non-hydrogen) atoms. The van der Waals surface area contributed by atoms with E-state index in [1.165, 1.54) is 17.7 Å². The third-order valence-corrected chi connectivity index (χ3v) is 8.98. The van der Waals surface area contributed by atoms with Crippen LogP contribution in [-0.4, -0.2) is 39.5 Å². The largest absolute Gasteiger partial charge is 0.383 e. The molecule has 1 unspecified atom stereocenters. The van der Waals surface area contributed by atoms with Gasteiger partial charge in [0.25, 0.3) is 0 Å². The molecule has 1 aliphatic rings. The van der Waals surface area contributed by atoms with E-state index >= 15 is 0 Å². The van der Waals surface area contributed by atoms with Gasteiger partial charge in [-0.2, -0.15) is 0 Å². The van der Waals surface area contributed by atoms with Crippen molar-refractivity contribution >= 4 is 28.1 Å². The van der Waals surface area contributed by atoms with E-state index in [1.807, 2.05) is 103 Å². The maximum Gasteiger partial charge on any atom is 0.237 e. The molecule has 0 spiro atoms. The fourth-order valence-corrected chi connectivity index (χ4v) is 6.69. The predicted molar refractivity (Wildman–Crippen MR) is 166 cm³/mol. The van der Waals surface area contributed by atoms with Gasteiger partial charge in [0.05, 0.1) is 41.7 Å². The highest BCUT2D eigenvalue weighted by molar-refractivity contribution is 7.11. The molecule has 3 N–H and O–H groups in total. The fraction of sp³-hybridized carbons (Fsp3) is 0.294. The number of nitrogen functional groups attached to an aromatic ring is 1. The number of rotatable bonds is 12. The van der Waals surface area contributed by atoms with Crippen LogP contribution in [0.1, 0.15) is 34.9 Å². The second kappa shape index (κ2) is 12.9. The summed E-state index contributed by atoms with van der Waals surface area (Å²) in [6.07, 6.45) is 0.658. The van der Waals surface area contributed by atoms with Crippen molar-refractivity contribution in [3.63, 3.8) is 0 Å². The summed E-state index contributed by atoms with van der Waals surface area (Å²) < 4.78 is 26.0. The van der Waals surface area contributed by atoms with Crippen LogP contribution in [0.15, 0.2) is 103 Å². The summed E-state index contributed by atoms with van der Waals surface area (Å²) in [5, 5.41) is 15.1. The maximum absolute atomic E-state index is 12.7. The van der Waals surface area contributed by atoms with E-state index < -0.39 is 23.6 Å². The molecule has 2 aromatic heterocycles. The smallest absolute Gasteiger partial charge is 0.237 e. The van der Waals surface area contributed by atoms with Crippen LogP contribution in [0.5, 0.6) is 0 Å². The number of anilines is 1. The normalized spacial score (nSPS) is 23.6. The number of hydrogen-bond donors (Lipinski definition) is 2. The highest BCUT2D eigenvalue weighted by atomic mass is 32.1. The third kappa shape index (κ3) is 6.05. The van der Waals surface area contributed by atoms with E-state index in [-0.39, 0.29) is 6.61 Å². The molecule has 6 rings (SSSR count). The van der Waals surface area contributed by atoms with Crippen LogP contribution in [0, 0.1) is 0 Å². The number of ether oxygens (including phenoxy) is 4. The molecule has 0 aliphatic carbocycles. The second-order valence-corrected chi connectivity index (χ2v) is 11.7. The van der Waals surface area contributed by atoms with Gasteiger partial charge in [-0.15, -0.1) is 11.3 Å².